The van der Waals surface area contributed by atoms with Crippen LogP contribution in [0.4, 0.5) is 5.95 Å². The van der Waals surface area contributed by atoms with Crippen molar-refractivity contribution < 1.29 is 4.52 Å². The predicted molar refractivity (Wildman–Crippen MR) is 106 cm³/mol. The molecular weight excluding hydrogens is 394 g/mol. The van der Waals surface area contributed by atoms with Gasteiger partial charge in [0.25, 0.3) is 5.89 Å². The molecule has 1 N–H and O–H groups in total. The number of nitrogens with one attached hydrogen (secondary N) is 1. The van der Waals surface area contributed by atoms with E-state index >= 15 is 0 Å². The number of benzene rings is 1. The van der Waals surface area contributed by atoms with E-state index in [1.165, 1.54) is 6.07 Å². The van der Waals surface area contributed by atoms with Gasteiger partial charge in [-0.05, 0) is 30.7 Å². The van der Waals surface area contributed by atoms with Gasteiger partial charge in [-0.3, -0.25) is 9.36 Å². The van der Waals surface area contributed by atoms with Crippen LogP contribution in [0.1, 0.15) is 12.2 Å². The standard InChI is InChI=1S/C19H16ClN7O2/c20-14-4-1-3-13(9-14)18-22-15(25-29-18)11-26-7-2-8-27-17(23-24-19(26)27)12-5-6-21-16(28)10-12/h1,3-6,9-10H,2,7-8,11H2,(H,21,28). The van der Waals surface area contributed by atoms with E-state index in [4.69, 9.17) is 16.1 Å². The Hall–Kier alpha value is -3.46. The molecule has 10 heteroatoms. The largest absolute Gasteiger partial charge is 0.334 e. The summed E-state index contributed by atoms with van der Waals surface area (Å²) >= 11 is 6.04. The highest BCUT2D eigenvalue weighted by atomic mass is 35.5. The minimum absolute atomic E-state index is 0.173. The van der Waals surface area contributed by atoms with Gasteiger partial charge in [-0.25, -0.2) is 0 Å². The number of halogens is 1. The molecule has 5 rings (SSSR count). The first-order valence-electron chi connectivity index (χ1n) is 9.13. The highest BCUT2D eigenvalue weighted by Gasteiger charge is 2.25. The maximum Gasteiger partial charge on any atom is 0.258 e. The van der Waals surface area contributed by atoms with Gasteiger partial charge in [-0.1, -0.05) is 22.8 Å². The molecule has 0 fully saturated rings. The predicted octanol–water partition coefficient (Wildman–Crippen LogP) is 2.75. The molecule has 0 atom stereocenters. The van der Waals surface area contributed by atoms with E-state index in [1.54, 1.807) is 18.3 Å². The third-order valence-electron chi connectivity index (χ3n) is 4.73. The monoisotopic (exact) mass is 409 g/mol. The number of fused-ring (bicyclic) bond motifs is 1. The van der Waals surface area contributed by atoms with Crippen molar-refractivity contribution in [1.82, 2.24) is 29.9 Å². The van der Waals surface area contributed by atoms with Gasteiger partial charge in [0.1, 0.15) is 0 Å². The van der Waals surface area contributed by atoms with E-state index in [2.05, 4.69) is 30.2 Å². The summed E-state index contributed by atoms with van der Waals surface area (Å²) in [6.07, 6.45) is 2.52. The lowest BCUT2D eigenvalue weighted by Crippen LogP contribution is -2.32. The van der Waals surface area contributed by atoms with E-state index in [1.807, 2.05) is 22.8 Å². The SMILES string of the molecule is O=c1cc(-c2nnc3n2CCCN3Cc2noc(-c3cccc(Cl)c3)n2)cc[nH]1. The molecule has 146 valence electrons. The third kappa shape index (κ3) is 3.40. The summed E-state index contributed by atoms with van der Waals surface area (Å²) in [5, 5.41) is 13.3. The van der Waals surface area contributed by atoms with Crippen LogP contribution in [0.3, 0.4) is 0 Å². The maximum absolute atomic E-state index is 11.6. The average Bonchev–Trinajstić information content (AvgIpc) is 3.36. The molecule has 0 amide bonds. The van der Waals surface area contributed by atoms with Crippen molar-refractivity contribution in [3.05, 3.63) is 63.8 Å². The fourth-order valence-electron chi connectivity index (χ4n) is 3.43. The number of rotatable bonds is 4. The Bertz CT molecular complexity index is 1230. The van der Waals surface area contributed by atoms with Crippen LogP contribution in [0.2, 0.25) is 5.02 Å². The first-order valence-corrected chi connectivity index (χ1v) is 9.51. The lowest BCUT2D eigenvalue weighted by atomic mass is 10.2. The molecule has 9 nitrogen and oxygen atoms in total. The van der Waals surface area contributed by atoms with Gasteiger partial charge in [-0.2, -0.15) is 4.98 Å². The number of hydrogen-bond donors (Lipinski definition) is 1. The average molecular weight is 410 g/mol. The van der Waals surface area contributed by atoms with Crippen molar-refractivity contribution in [2.24, 2.45) is 0 Å². The van der Waals surface area contributed by atoms with Crippen molar-refractivity contribution in [2.75, 3.05) is 11.4 Å². The molecule has 0 bridgehead atoms. The number of anilines is 1. The second-order valence-corrected chi connectivity index (χ2v) is 7.15. The summed E-state index contributed by atoms with van der Waals surface area (Å²) in [5.41, 5.74) is 1.33. The van der Waals surface area contributed by atoms with E-state index in [9.17, 15) is 4.79 Å². The number of aromatic nitrogens is 6. The zero-order chi connectivity index (χ0) is 19.8. The Morgan fingerprint density at radius 3 is 2.93 bits per heavy atom. The molecule has 1 aromatic carbocycles. The lowest BCUT2D eigenvalue weighted by Gasteiger charge is -2.27. The van der Waals surface area contributed by atoms with Gasteiger partial charge in [0.05, 0.1) is 6.54 Å². The van der Waals surface area contributed by atoms with Gasteiger partial charge in [0, 0.05) is 41.5 Å². The Kier molecular flexibility index (Phi) is 4.36. The van der Waals surface area contributed by atoms with E-state index in [0.29, 0.717) is 29.1 Å². The zero-order valence-corrected chi connectivity index (χ0v) is 16.0. The number of aromatic amines is 1. The van der Waals surface area contributed by atoms with Crippen LogP contribution < -0.4 is 10.5 Å². The quantitative estimate of drug-likeness (QED) is 0.552. The molecule has 4 aromatic rings. The molecule has 0 unspecified atom stereocenters. The molecule has 0 radical (unpaired) electrons. The summed E-state index contributed by atoms with van der Waals surface area (Å²) in [4.78, 5) is 20.8. The number of hydrogen-bond acceptors (Lipinski definition) is 7. The summed E-state index contributed by atoms with van der Waals surface area (Å²) in [6.45, 7) is 2.02. The summed E-state index contributed by atoms with van der Waals surface area (Å²) < 4.78 is 7.41. The van der Waals surface area contributed by atoms with Crippen LogP contribution in [0.5, 0.6) is 0 Å². The first-order chi connectivity index (χ1) is 14.2. The number of pyridine rings is 1. The van der Waals surface area contributed by atoms with Crippen molar-refractivity contribution >= 4 is 17.5 Å². The molecule has 0 saturated carbocycles. The van der Waals surface area contributed by atoms with Gasteiger partial charge < -0.3 is 14.4 Å². The molecule has 1 aliphatic heterocycles. The van der Waals surface area contributed by atoms with Crippen molar-refractivity contribution in [3.8, 4) is 22.8 Å². The van der Waals surface area contributed by atoms with Gasteiger partial charge >= 0.3 is 0 Å². The smallest absolute Gasteiger partial charge is 0.258 e. The molecule has 0 saturated heterocycles. The van der Waals surface area contributed by atoms with Crippen LogP contribution in [-0.4, -0.2) is 36.4 Å². The van der Waals surface area contributed by atoms with Crippen molar-refractivity contribution in [2.45, 2.75) is 19.5 Å². The van der Waals surface area contributed by atoms with E-state index in [0.717, 1.165) is 36.6 Å². The van der Waals surface area contributed by atoms with Crippen LogP contribution >= 0.6 is 11.6 Å². The normalized spacial score (nSPS) is 13.5. The van der Waals surface area contributed by atoms with Gasteiger partial charge in [0.2, 0.25) is 11.5 Å². The molecule has 1 aliphatic rings. The Morgan fingerprint density at radius 1 is 1.14 bits per heavy atom. The highest BCUT2D eigenvalue weighted by molar-refractivity contribution is 6.30. The molecule has 29 heavy (non-hydrogen) atoms. The topological polar surface area (TPSA) is 106 Å². The molecule has 3 aromatic heterocycles. The zero-order valence-electron chi connectivity index (χ0n) is 15.2. The van der Waals surface area contributed by atoms with Crippen molar-refractivity contribution in [1.29, 1.82) is 0 Å². The third-order valence-corrected chi connectivity index (χ3v) is 4.96. The first kappa shape index (κ1) is 17.6. The van der Waals surface area contributed by atoms with Crippen LogP contribution in [0.15, 0.2) is 51.9 Å². The highest BCUT2D eigenvalue weighted by Crippen LogP contribution is 2.27. The molecule has 0 spiro atoms. The molecule has 0 aliphatic carbocycles. The summed E-state index contributed by atoms with van der Waals surface area (Å²) in [7, 11) is 0. The fourth-order valence-corrected chi connectivity index (χ4v) is 3.62. The second kappa shape index (κ2) is 7.17. The Labute approximate surface area is 170 Å². The summed E-state index contributed by atoms with van der Waals surface area (Å²) in [6, 6.07) is 10.6. The van der Waals surface area contributed by atoms with E-state index < -0.39 is 0 Å². The van der Waals surface area contributed by atoms with Gasteiger partial charge in [0.15, 0.2) is 11.6 Å². The van der Waals surface area contributed by atoms with Gasteiger partial charge in [-0.15, -0.1) is 10.2 Å². The number of nitrogens with zero attached hydrogens (tertiary/aromatic N) is 6. The minimum atomic E-state index is -0.173. The van der Waals surface area contributed by atoms with Crippen LogP contribution in [-0.2, 0) is 13.1 Å². The maximum atomic E-state index is 11.6. The lowest BCUT2D eigenvalue weighted by molar-refractivity contribution is 0.420. The Balaban J connectivity index is 1.41. The van der Waals surface area contributed by atoms with E-state index in [-0.39, 0.29) is 5.56 Å². The molecular formula is C19H16ClN7O2. The van der Waals surface area contributed by atoms with Crippen molar-refractivity contribution in [3.63, 3.8) is 0 Å². The fraction of sp³-hybridized carbons (Fsp3) is 0.211. The summed E-state index contributed by atoms with van der Waals surface area (Å²) in [5.74, 6) is 2.36. The molecule has 4 heterocycles. The Morgan fingerprint density at radius 2 is 2.07 bits per heavy atom. The van der Waals surface area contributed by atoms with Crippen LogP contribution in [0.25, 0.3) is 22.8 Å². The second-order valence-electron chi connectivity index (χ2n) is 6.72. The minimum Gasteiger partial charge on any atom is -0.334 e. The number of H-pyrrole nitrogens is 1. The van der Waals surface area contributed by atoms with Crippen LogP contribution in [0, 0.1) is 0 Å².